The van der Waals surface area contributed by atoms with Crippen LogP contribution < -0.4 is 19.5 Å². The molecule has 2 fully saturated rings. The zero-order chi connectivity index (χ0) is 34.5. The van der Waals surface area contributed by atoms with E-state index in [1.54, 1.807) is 27.6 Å². The lowest BCUT2D eigenvalue weighted by atomic mass is 9.77. The number of fused-ring (bicyclic) bond motifs is 1. The minimum atomic E-state index is -0.451. The number of methoxy groups -OCH3 is 3. The topological polar surface area (TPSA) is 94.2 Å². The van der Waals surface area contributed by atoms with Crippen LogP contribution in [0.5, 0.6) is 17.2 Å². The van der Waals surface area contributed by atoms with E-state index in [1.165, 1.54) is 5.56 Å². The Kier molecular flexibility index (Phi) is 9.98. The number of furan rings is 1. The Balaban J connectivity index is 1.01. The summed E-state index contributed by atoms with van der Waals surface area (Å²) < 4.78 is 24.6. The van der Waals surface area contributed by atoms with E-state index >= 15 is 0 Å². The van der Waals surface area contributed by atoms with Gasteiger partial charge in [0.1, 0.15) is 5.76 Å². The minimum absolute atomic E-state index is 0.224. The van der Waals surface area contributed by atoms with E-state index in [0.717, 1.165) is 80.0 Å². The summed E-state index contributed by atoms with van der Waals surface area (Å²) in [5.41, 5.74) is 3.77. The lowest BCUT2D eigenvalue weighted by molar-refractivity contribution is -0.137. The predicted octanol–water partition coefficient (Wildman–Crippen LogP) is 6.63. The van der Waals surface area contributed by atoms with Crippen molar-refractivity contribution in [2.75, 3.05) is 52.8 Å². The number of rotatable bonds is 14. The molecule has 1 amide bonds. The molecule has 0 radical (unpaired) electrons. The molecule has 10 heteroatoms. The second-order valence-electron chi connectivity index (χ2n) is 13.6. The van der Waals surface area contributed by atoms with Gasteiger partial charge >= 0.3 is 0 Å². The van der Waals surface area contributed by atoms with Crippen molar-refractivity contribution in [1.29, 1.82) is 0 Å². The largest absolute Gasteiger partial charge is 0.493 e. The zero-order valence-corrected chi connectivity index (χ0v) is 29.3. The number of hydrogen-bond acceptors (Lipinski definition) is 8. The molecule has 10 nitrogen and oxygen atoms in total. The number of para-hydroxylation sites is 2. The summed E-state index contributed by atoms with van der Waals surface area (Å²) in [6.45, 7) is 4.67. The van der Waals surface area contributed by atoms with Crippen molar-refractivity contribution in [3.8, 4) is 17.2 Å². The summed E-state index contributed by atoms with van der Waals surface area (Å²) in [6, 6.07) is 26.8. The van der Waals surface area contributed by atoms with E-state index in [-0.39, 0.29) is 5.91 Å². The van der Waals surface area contributed by atoms with Crippen molar-refractivity contribution in [2.45, 2.75) is 51.2 Å². The fraction of sp³-hybridized carbons (Fsp3) is 0.400. The van der Waals surface area contributed by atoms with Crippen molar-refractivity contribution in [1.82, 2.24) is 19.4 Å². The number of likely N-dealkylation sites (tertiary alicyclic amines) is 2. The first kappa shape index (κ1) is 33.5. The van der Waals surface area contributed by atoms with Gasteiger partial charge in [-0.15, -0.1) is 0 Å². The van der Waals surface area contributed by atoms with Crippen LogP contribution in [0.25, 0.3) is 11.0 Å². The predicted molar refractivity (Wildman–Crippen MR) is 194 cm³/mol. The van der Waals surface area contributed by atoms with Gasteiger partial charge in [0.2, 0.25) is 17.6 Å². The first-order valence-electron chi connectivity index (χ1n) is 17.6. The lowest BCUT2D eigenvalue weighted by Crippen LogP contribution is -2.43. The highest BCUT2D eigenvalue weighted by molar-refractivity contribution is 5.85. The maximum absolute atomic E-state index is 14.4. The fourth-order valence-electron chi connectivity index (χ4n) is 7.72. The van der Waals surface area contributed by atoms with Crippen molar-refractivity contribution >= 4 is 22.9 Å². The van der Waals surface area contributed by atoms with Gasteiger partial charge in [-0.05, 0) is 86.2 Å². The third-order valence-electron chi connectivity index (χ3n) is 10.5. The number of imidazole rings is 1. The molecule has 1 atom stereocenters. The van der Waals surface area contributed by atoms with Gasteiger partial charge in [0.05, 0.1) is 50.6 Å². The molecule has 0 aliphatic carbocycles. The molecule has 50 heavy (non-hydrogen) atoms. The molecule has 7 rings (SSSR count). The summed E-state index contributed by atoms with van der Waals surface area (Å²) in [5.74, 6) is 3.75. The van der Waals surface area contributed by atoms with Crippen LogP contribution in [0.3, 0.4) is 0 Å². The van der Waals surface area contributed by atoms with E-state index in [0.29, 0.717) is 42.9 Å². The summed E-state index contributed by atoms with van der Waals surface area (Å²) in [5, 5.41) is 3.77. The van der Waals surface area contributed by atoms with Crippen LogP contribution in [0.15, 0.2) is 89.5 Å². The van der Waals surface area contributed by atoms with Gasteiger partial charge in [-0.2, -0.15) is 0 Å². The van der Waals surface area contributed by atoms with Crippen LogP contribution in [-0.4, -0.2) is 78.8 Å². The Morgan fingerprint density at radius 2 is 1.60 bits per heavy atom. The Morgan fingerprint density at radius 1 is 0.860 bits per heavy atom. The molecule has 2 saturated heterocycles. The van der Waals surface area contributed by atoms with E-state index in [4.69, 9.17) is 23.6 Å². The number of anilines is 1. The number of amides is 1. The molecule has 4 heterocycles. The van der Waals surface area contributed by atoms with Crippen LogP contribution in [0, 0.1) is 5.41 Å². The number of nitrogens with one attached hydrogen (secondary N) is 1. The molecule has 1 unspecified atom stereocenters. The Bertz CT molecular complexity index is 1860. The van der Waals surface area contributed by atoms with Crippen molar-refractivity contribution in [3.63, 3.8) is 0 Å². The first-order valence-corrected chi connectivity index (χ1v) is 17.6. The standard InChI is InChI=1S/C40H47N5O5/c1-47-35-24-30(25-36(48-2)37(35)49-3)27-44-22-18-40(38(44)46,26-29-10-5-4-6-11-29)17-21-43-19-15-31(16-20-43)41-39-42-33-13-7-8-14-34(33)45(39)28-32-12-9-23-50-32/h4-14,23-25,31H,15-22,26-28H2,1-3H3,(H,41,42). The fourth-order valence-corrected chi connectivity index (χ4v) is 7.72. The summed E-state index contributed by atoms with van der Waals surface area (Å²) >= 11 is 0. The normalized spacial score (nSPS) is 18.5. The SMILES string of the molecule is COc1cc(CN2CCC(CCN3CCC(Nc4nc5ccccc5n4Cc4ccco4)CC3)(Cc3ccccc3)C2=O)cc(OC)c1OC. The third-order valence-corrected chi connectivity index (χ3v) is 10.5. The van der Waals surface area contributed by atoms with Gasteiger partial charge < -0.3 is 38.3 Å². The average Bonchev–Trinajstić information content (AvgIpc) is 3.87. The molecule has 0 bridgehead atoms. The van der Waals surface area contributed by atoms with E-state index in [2.05, 4.69) is 57.2 Å². The second kappa shape index (κ2) is 14.9. The number of hydrogen-bond donors (Lipinski definition) is 1. The Labute approximate surface area is 293 Å². The molecule has 2 aromatic heterocycles. The van der Waals surface area contributed by atoms with Gasteiger partial charge in [-0.25, -0.2) is 4.98 Å². The van der Waals surface area contributed by atoms with Gasteiger partial charge in [0, 0.05) is 32.2 Å². The van der Waals surface area contributed by atoms with Crippen molar-refractivity contribution < 1.29 is 23.4 Å². The van der Waals surface area contributed by atoms with E-state index in [9.17, 15) is 4.79 Å². The monoisotopic (exact) mass is 677 g/mol. The molecule has 262 valence electrons. The number of carbonyl (C=O) groups is 1. The number of ether oxygens (including phenoxy) is 3. The second-order valence-corrected chi connectivity index (χ2v) is 13.6. The number of carbonyl (C=O) groups excluding carboxylic acids is 1. The number of benzene rings is 3. The van der Waals surface area contributed by atoms with Crippen molar-refractivity contribution in [2.24, 2.45) is 5.41 Å². The molecule has 2 aliphatic heterocycles. The molecule has 0 saturated carbocycles. The molecule has 5 aromatic rings. The Morgan fingerprint density at radius 3 is 2.30 bits per heavy atom. The first-order chi connectivity index (χ1) is 24.5. The summed E-state index contributed by atoms with van der Waals surface area (Å²) in [4.78, 5) is 23.9. The highest BCUT2D eigenvalue weighted by Gasteiger charge is 2.46. The average molecular weight is 678 g/mol. The van der Waals surface area contributed by atoms with Crippen LogP contribution in [-0.2, 0) is 24.3 Å². The number of nitrogens with zero attached hydrogens (tertiary/aromatic N) is 4. The quantitative estimate of drug-likeness (QED) is 0.140. The molecule has 0 spiro atoms. The highest BCUT2D eigenvalue weighted by atomic mass is 16.5. The summed E-state index contributed by atoms with van der Waals surface area (Å²) in [6.07, 6.45) is 6.13. The third kappa shape index (κ3) is 7.03. The van der Waals surface area contributed by atoms with Crippen LogP contribution in [0.4, 0.5) is 5.95 Å². The molecular weight excluding hydrogens is 630 g/mol. The minimum Gasteiger partial charge on any atom is -0.493 e. The number of piperidine rings is 1. The van der Waals surface area contributed by atoms with Crippen LogP contribution >= 0.6 is 0 Å². The molecule has 2 aliphatic rings. The summed E-state index contributed by atoms with van der Waals surface area (Å²) in [7, 11) is 4.83. The smallest absolute Gasteiger partial charge is 0.229 e. The van der Waals surface area contributed by atoms with Gasteiger partial charge in [-0.1, -0.05) is 42.5 Å². The Hall–Kier alpha value is -4.96. The van der Waals surface area contributed by atoms with E-state index in [1.807, 2.05) is 41.3 Å². The lowest BCUT2D eigenvalue weighted by Gasteiger charge is -2.35. The highest BCUT2D eigenvalue weighted by Crippen LogP contribution is 2.42. The van der Waals surface area contributed by atoms with E-state index < -0.39 is 5.41 Å². The zero-order valence-electron chi connectivity index (χ0n) is 29.3. The molecule has 3 aromatic carbocycles. The molecular formula is C40H47N5O5. The van der Waals surface area contributed by atoms with Gasteiger partial charge in [0.25, 0.3) is 0 Å². The van der Waals surface area contributed by atoms with Crippen molar-refractivity contribution in [3.05, 3.63) is 102 Å². The van der Waals surface area contributed by atoms with Gasteiger partial charge in [-0.3, -0.25) is 4.79 Å². The van der Waals surface area contributed by atoms with Gasteiger partial charge in [0.15, 0.2) is 11.5 Å². The number of aromatic nitrogens is 2. The maximum Gasteiger partial charge on any atom is 0.229 e. The van der Waals surface area contributed by atoms with Crippen LogP contribution in [0.1, 0.15) is 42.6 Å². The van der Waals surface area contributed by atoms with Crippen LogP contribution in [0.2, 0.25) is 0 Å². The molecule has 1 N–H and O–H groups in total. The maximum atomic E-state index is 14.4.